The molecule has 182 valence electrons. The Kier molecular flexibility index (Phi) is 7.51. The molecule has 1 aromatic heterocycles. The highest BCUT2D eigenvalue weighted by atomic mass is 32.2. The number of aromatic nitrogens is 1. The second kappa shape index (κ2) is 10.4. The number of rotatable bonds is 8. The van der Waals surface area contributed by atoms with Gasteiger partial charge in [0.2, 0.25) is 0 Å². The molecule has 8 nitrogen and oxygen atoms in total. The average Bonchev–Trinajstić information content (AvgIpc) is 3.22. The maximum atomic E-state index is 13.6. The number of hydrogen-bond acceptors (Lipinski definition) is 8. The van der Waals surface area contributed by atoms with Gasteiger partial charge in [-0.3, -0.25) is 14.6 Å². The van der Waals surface area contributed by atoms with Gasteiger partial charge < -0.3 is 9.47 Å². The Morgan fingerprint density at radius 2 is 1.88 bits per heavy atom. The van der Waals surface area contributed by atoms with Crippen molar-refractivity contribution >= 4 is 42.4 Å². The van der Waals surface area contributed by atoms with Crippen LogP contribution in [0.15, 0.2) is 47.4 Å². The fraction of sp³-hybridized carbons (Fsp3) is 0.417. The zero-order valence-electron chi connectivity index (χ0n) is 19.6. The van der Waals surface area contributed by atoms with Crippen LogP contribution in [0.4, 0.5) is 5.13 Å². The van der Waals surface area contributed by atoms with Gasteiger partial charge in [-0.2, -0.15) is 0 Å². The Morgan fingerprint density at radius 3 is 2.53 bits per heavy atom. The molecule has 1 fully saturated rings. The van der Waals surface area contributed by atoms with Gasteiger partial charge in [0, 0.05) is 38.0 Å². The number of anilines is 1. The largest absolute Gasteiger partial charge is 0.491 e. The third-order valence-electron chi connectivity index (χ3n) is 5.47. The van der Waals surface area contributed by atoms with E-state index in [1.165, 1.54) is 17.6 Å². The summed E-state index contributed by atoms with van der Waals surface area (Å²) in [5.74, 6) is 0.548. The lowest BCUT2D eigenvalue weighted by Crippen LogP contribution is -2.43. The number of thiazole rings is 1. The smallest absolute Gasteiger partial charge is 0.260 e. The molecule has 1 aliphatic heterocycles. The van der Waals surface area contributed by atoms with E-state index in [9.17, 15) is 13.2 Å². The van der Waals surface area contributed by atoms with E-state index >= 15 is 0 Å². The number of carbonyl (C=O) groups is 1. The Balaban J connectivity index is 1.63. The number of sulfone groups is 1. The summed E-state index contributed by atoms with van der Waals surface area (Å²) >= 11 is 1.32. The van der Waals surface area contributed by atoms with E-state index < -0.39 is 9.84 Å². The van der Waals surface area contributed by atoms with Gasteiger partial charge in [0.15, 0.2) is 15.0 Å². The molecule has 3 aromatic rings. The van der Waals surface area contributed by atoms with Gasteiger partial charge in [0.1, 0.15) is 5.75 Å². The molecule has 0 saturated carbocycles. The first-order chi connectivity index (χ1) is 16.2. The summed E-state index contributed by atoms with van der Waals surface area (Å²) in [5, 5.41) is 0.543. The average molecular weight is 504 g/mol. The number of hydrogen-bond donors (Lipinski definition) is 0. The molecule has 1 amide bonds. The van der Waals surface area contributed by atoms with E-state index in [-0.39, 0.29) is 16.9 Å². The third kappa shape index (κ3) is 5.93. The second-order valence-corrected chi connectivity index (χ2v) is 11.5. The van der Waals surface area contributed by atoms with Crippen molar-refractivity contribution < 1.29 is 22.7 Å². The lowest BCUT2D eigenvalue weighted by atomic mass is 10.2. The number of carbonyl (C=O) groups excluding carboxylic acids is 1. The van der Waals surface area contributed by atoms with Crippen molar-refractivity contribution in [3.8, 4) is 5.75 Å². The van der Waals surface area contributed by atoms with E-state index in [2.05, 4.69) is 9.88 Å². The van der Waals surface area contributed by atoms with Gasteiger partial charge >= 0.3 is 0 Å². The molecule has 0 N–H and O–H groups in total. The van der Waals surface area contributed by atoms with E-state index in [1.807, 2.05) is 13.8 Å². The first-order valence-corrected chi connectivity index (χ1v) is 13.9. The number of benzene rings is 2. The van der Waals surface area contributed by atoms with Gasteiger partial charge in [-0.15, -0.1) is 0 Å². The summed E-state index contributed by atoms with van der Waals surface area (Å²) in [6.07, 6.45) is 1.23. The van der Waals surface area contributed by atoms with E-state index in [0.29, 0.717) is 48.3 Å². The molecular weight excluding hydrogens is 474 g/mol. The highest BCUT2D eigenvalue weighted by Gasteiger charge is 2.23. The Bertz CT molecular complexity index is 1250. The Labute approximate surface area is 204 Å². The van der Waals surface area contributed by atoms with Crippen molar-refractivity contribution in [3.63, 3.8) is 0 Å². The monoisotopic (exact) mass is 503 g/mol. The maximum absolute atomic E-state index is 13.6. The zero-order valence-corrected chi connectivity index (χ0v) is 21.2. The molecule has 0 radical (unpaired) electrons. The second-order valence-electron chi connectivity index (χ2n) is 8.50. The van der Waals surface area contributed by atoms with Crippen LogP contribution in [-0.2, 0) is 14.6 Å². The van der Waals surface area contributed by atoms with E-state index in [1.54, 1.807) is 47.4 Å². The summed E-state index contributed by atoms with van der Waals surface area (Å²) in [4.78, 5) is 22.4. The van der Waals surface area contributed by atoms with Gasteiger partial charge in [-0.25, -0.2) is 13.4 Å². The molecular formula is C24H29N3O5S2. The van der Waals surface area contributed by atoms with Crippen molar-refractivity contribution in [1.29, 1.82) is 0 Å². The van der Waals surface area contributed by atoms with Crippen molar-refractivity contribution in [3.05, 3.63) is 48.0 Å². The minimum absolute atomic E-state index is 0.0474. The number of amides is 1. The predicted molar refractivity (Wildman–Crippen MR) is 134 cm³/mol. The van der Waals surface area contributed by atoms with Crippen LogP contribution >= 0.6 is 11.3 Å². The number of nitrogens with zero attached hydrogens (tertiary/aromatic N) is 3. The van der Waals surface area contributed by atoms with Crippen LogP contribution in [0.25, 0.3) is 10.2 Å². The van der Waals surface area contributed by atoms with E-state index in [4.69, 9.17) is 9.47 Å². The quantitative estimate of drug-likeness (QED) is 0.465. The van der Waals surface area contributed by atoms with Gasteiger partial charge in [0.25, 0.3) is 5.91 Å². The molecule has 1 saturated heterocycles. The number of morpholine rings is 1. The zero-order chi connectivity index (χ0) is 24.3. The fourth-order valence-electron chi connectivity index (χ4n) is 3.69. The van der Waals surface area contributed by atoms with Gasteiger partial charge in [-0.05, 0) is 56.3 Å². The lowest BCUT2D eigenvalue weighted by Gasteiger charge is -2.29. The highest BCUT2D eigenvalue weighted by molar-refractivity contribution is 7.90. The van der Waals surface area contributed by atoms with Crippen LogP contribution in [0.5, 0.6) is 5.75 Å². The highest BCUT2D eigenvalue weighted by Crippen LogP contribution is 2.31. The van der Waals surface area contributed by atoms with Crippen molar-refractivity contribution in [2.24, 2.45) is 0 Å². The van der Waals surface area contributed by atoms with Crippen LogP contribution in [0.3, 0.4) is 0 Å². The standard InChI is InChI=1S/C24H29N3O5S2/c1-17(2)32-19-6-4-18(5-7-19)23(28)27(11-10-26-12-14-31-15-13-26)24-25-21-9-8-20(34(3,29)30)16-22(21)33-24/h4-9,16-17H,10-15H2,1-3H3. The molecule has 0 unspecified atom stereocenters. The molecule has 2 aromatic carbocycles. The van der Waals surface area contributed by atoms with Crippen LogP contribution in [0.2, 0.25) is 0 Å². The van der Waals surface area contributed by atoms with Crippen LogP contribution in [0, 0.1) is 0 Å². The fourth-order valence-corrected chi connectivity index (χ4v) is 5.44. The molecule has 4 rings (SSSR count). The summed E-state index contributed by atoms with van der Waals surface area (Å²) in [6, 6.07) is 12.0. The summed E-state index contributed by atoms with van der Waals surface area (Å²) in [7, 11) is -3.33. The van der Waals surface area contributed by atoms with Crippen LogP contribution in [0.1, 0.15) is 24.2 Å². The summed E-state index contributed by atoms with van der Waals surface area (Å²) in [6.45, 7) is 8.06. The molecule has 34 heavy (non-hydrogen) atoms. The molecule has 1 aliphatic rings. The minimum Gasteiger partial charge on any atom is -0.491 e. The summed E-state index contributed by atoms with van der Waals surface area (Å²) < 4.78 is 35.8. The maximum Gasteiger partial charge on any atom is 0.260 e. The van der Waals surface area contributed by atoms with E-state index in [0.717, 1.165) is 17.8 Å². The first-order valence-electron chi connectivity index (χ1n) is 11.2. The Morgan fingerprint density at radius 1 is 1.18 bits per heavy atom. The molecule has 0 aliphatic carbocycles. The van der Waals surface area contributed by atoms with Crippen LogP contribution in [-0.4, -0.2) is 76.0 Å². The summed E-state index contributed by atoms with van der Waals surface area (Å²) in [5.41, 5.74) is 1.20. The van der Waals surface area contributed by atoms with Crippen molar-refractivity contribution in [1.82, 2.24) is 9.88 Å². The van der Waals surface area contributed by atoms with Crippen molar-refractivity contribution in [2.75, 3.05) is 50.5 Å². The minimum atomic E-state index is -3.33. The normalized spacial score (nSPS) is 15.1. The topological polar surface area (TPSA) is 89.0 Å². The van der Waals surface area contributed by atoms with Crippen LogP contribution < -0.4 is 9.64 Å². The lowest BCUT2D eigenvalue weighted by molar-refractivity contribution is 0.0391. The first kappa shape index (κ1) is 24.6. The molecule has 0 bridgehead atoms. The molecule has 0 spiro atoms. The Hall–Kier alpha value is -2.53. The van der Waals surface area contributed by atoms with Gasteiger partial charge in [-0.1, -0.05) is 11.3 Å². The van der Waals surface area contributed by atoms with Crippen molar-refractivity contribution in [2.45, 2.75) is 24.8 Å². The number of fused-ring (bicyclic) bond motifs is 1. The van der Waals surface area contributed by atoms with Gasteiger partial charge in [0.05, 0.1) is 34.4 Å². The molecule has 2 heterocycles. The predicted octanol–water partition coefficient (Wildman–Crippen LogP) is 3.47. The molecule has 0 atom stereocenters. The SMILES string of the molecule is CC(C)Oc1ccc(C(=O)N(CCN2CCOCC2)c2nc3ccc(S(C)(=O)=O)cc3s2)cc1. The number of ether oxygens (including phenoxy) is 2. The third-order valence-corrected chi connectivity index (χ3v) is 7.62. The molecule has 10 heteroatoms.